The monoisotopic (exact) mass is 324 g/mol. The van der Waals surface area contributed by atoms with Crippen LogP contribution in [-0.2, 0) is 11.2 Å². The predicted octanol–water partition coefficient (Wildman–Crippen LogP) is 3.52. The summed E-state index contributed by atoms with van der Waals surface area (Å²) in [5, 5.41) is 0.288. The number of hydrogen-bond acceptors (Lipinski definition) is 3. The Morgan fingerprint density at radius 2 is 2.24 bits per heavy atom. The standard InChI is InChI=1S/C11H11BrF2O2S/c1-17-10-5-9(16-11(13)14)3-2-7(10)4-8(15)6-12/h2-3,5,11H,4,6H2,1H3. The first kappa shape index (κ1) is 14.4. The zero-order chi connectivity index (χ0) is 12.8. The van der Waals surface area contributed by atoms with Gasteiger partial charge in [0.2, 0.25) is 0 Å². The van der Waals surface area contributed by atoms with E-state index in [-0.39, 0.29) is 23.3 Å². The summed E-state index contributed by atoms with van der Waals surface area (Å²) in [5.41, 5.74) is 0.823. The summed E-state index contributed by atoms with van der Waals surface area (Å²) in [5.74, 6) is 0.155. The first-order valence-electron chi connectivity index (χ1n) is 4.76. The van der Waals surface area contributed by atoms with Crippen molar-refractivity contribution in [3.63, 3.8) is 0 Å². The lowest BCUT2D eigenvalue weighted by atomic mass is 10.1. The van der Waals surface area contributed by atoms with Gasteiger partial charge in [-0.1, -0.05) is 22.0 Å². The molecule has 0 N–H and O–H groups in total. The molecule has 17 heavy (non-hydrogen) atoms. The molecule has 0 radical (unpaired) electrons. The van der Waals surface area contributed by atoms with Crippen LogP contribution in [0.25, 0.3) is 0 Å². The van der Waals surface area contributed by atoms with Crippen molar-refractivity contribution in [1.82, 2.24) is 0 Å². The number of benzene rings is 1. The lowest BCUT2D eigenvalue weighted by Gasteiger charge is -2.09. The van der Waals surface area contributed by atoms with E-state index < -0.39 is 6.61 Å². The molecule has 0 aliphatic heterocycles. The fourth-order valence-electron chi connectivity index (χ4n) is 1.31. The molecule has 0 amide bonds. The number of ether oxygens (including phenoxy) is 1. The third-order valence-corrected chi connectivity index (χ3v) is 3.47. The maximum Gasteiger partial charge on any atom is 0.387 e. The molecule has 1 aromatic rings. The van der Waals surface area contributed by atoms with Crippen molar-refractivity contribution in [1.29, 1.82) is 0 Å². The van der Waals surface area contributed by atoms with E-state index in [0.29, 0.717) is 0 Å². The molecule has 0 aliphatic rings. The van der Waals surface area contributed by atoms with E-state index in [4.69, 9.17) is 0 Å². The molecule has 0 atom stereocenters. The van der Waals surface area contributed by atoms with Gasteiger partial charge in [0.1, 0.15) is 11.5 Å². The van der Waals surface area contributed by atoms with Crippen LogP contribution in [0.2, 0.25) is 0 Å². The van der Waals surface area contributed by atoms with Crippen molar-refractivity contribution >= 4 is 33.5 Å². The Balaban J connectivity index is 2.89. The molecular formula is C11H11BrF2O2S. The number of rotatable bonds is 6. The first-order valence-corrected chi connectivity index (χ1v) is 7.10. The molecule has 1 rings (SSSR count). The minimum Gasteiger partial charge on any atom is -0.435 e. The van der Waals surface area contributed by atoms with Gasteiger partial charge < -0.3 is 4.74 Å². The number of alkyl halides is 3. The summed E-state index contributed by atoms with van der Waals surface area (Å²) in [6.45, 7) is -2.83. The Kier molecular flexibility index (Phi) is 5.91. The molecule has 0 fully saturated rings. The summed E-state index contributed by atoms with van der Waals surface area (Å²) in [6.07, 6.45) is 2.11. The number of ketones is 1. The topological polar surface area (TPSA) is 26.3 Å². The van der Waals surface area contributed by atoms with Crippen LogP contribution in [0.3, 0.4) is 0 Å². The maximum atomic E-state index is 12.0. The molecule has 0 unspecified atom stereocenters. The zero-order valence-corrected chi connectivity index (χ0v) is 11.5. The number of thioether (sulfide) groups is 1. The molecule has 0 bridgehead atoms. The fraction of sp³-hybridized carbons (Fsp3) is 0.364. The summed E-state index contributed by atoms with van der Waals surface area (Å²) < 4.78 is 28.4. The van der Waals surface area contributed by atoms with E-state index in [0.717, 1.165) is 10.5 Å². The SMILES string of the molecule is CSc1cc(OC(F)F)ccc1CC(=O)CBr. The molecule has 0 aromatic heterocycles. The van der Waals surface area contributed by atoms with Crippen molar-refractivity contribution in [2.24, 2.45) is 0 Å². The largest absolute Gasteiger partial charge is 0.435 e. The van der Waals surface area contributed by atoms with E-state index in [2.05, 4.69) is 20.7 Å². The minimum absolute atomic E-state index is 0.0443. The van der Waals surface area contributed by atoms with Crippen molar-refractivity contribution in [3.8, 4) is 5.75 Å². The zero-order valence-electron chi connectivity index (χ0n) is 9.08. The Morgan fingerprint density at radius 3 is 2.76 bits per heavy atom. The van der Waals surface area contributed by atoms with Crippen LogP contribution >= 0.6 is 27.7 Å². The lowest BCUT2D eigenvalue weighted by Crippen LogP contribution is -2.06. The summed E-state index contributed by atoms with van der Waals surface area (Å²) in [6, 6.07) is 4.61. The second-order valence-electron chi connectivity index (χ2n) is 3.20. The second-order valence-corrected chi connectivity index (χ2v) is 4.61. The van der Waals surface area contributed by atoms with Crippen LogP contribution in [0.1, 0.15) is 5.56 Å². The number of halogens is 3. The second kappa shape index (κ2) is 6.96. The molecule has 2 nitrogen and oxygen atoms in total. The van der Waals surface area contributed by atoms with Gasteiger partial charge in [0, 0.05) is 11.3 Å². The molecule has 0 saturated heterocycles. The highest BCUT2D eigenvalue weighted by atomic mass is 79.9. The Bertz CT molecular complexity index is 399. The minimum atomic E-state index is -2.83. The van der Waals surface area contributed by atoms with Crippen LogP contribution in [0.4, 0.5) is 8.78 Å². The highest BCUT2D eigenvalue weighted by Crippen LogP contribution is 2.27. The quantitative estimate of drug-likeness (QED) is 0.591. The molecule has 0 spiro atoms. The molecule has 0 aliphatic carbocycles. The summed E-state index contributed by atoms with van der Waals surface area (Å²) in [7, 11) is 0. The van der Waals surface area contributed by atoms with Gasteiger partial charge in [-0.2, -0.15) is 8.78 Å². The van der Waals surface area contributed by atoms with Gasteiger partial charge in [-0.3, -0.25) is 4.79 Å². The molecule has 0 heterocycles. The van der Waals surface area contributed by atoms with Crippen molar-refractivity contribution in [3.05, 3.63) is 23.8 Å². The van der Waals surface area contributed by atoms with E-state index in [1.807, 2.05) is 6.26 Å². The number of carbonyl (C=O) groups is 1. The third-order valence-electron chi connectivity index (χ3n) is 2.02. The van der Waals surface area contributed by atoms with Crippen LogP contribution in [0.15, 0.2) is 23.1 Å². The van der Waals surface area contributed by atoms with Crippen LogP contribution in [0.5, 0.6) is 5.75 Å². The van der Waals surface area contributed by atoms with Crippen LogP contribution < -0.4 is 4.74 Å². The smallest absolute Gasteiger partial charge is 0.387 e. The molecule has 0 saturated carbocycles. The highest BCUT2D eigenvalue weighted by molar-refractivity contribution is 9.09. The molecule has 94 valence electrons. The van der Waals surface area contributed by atoms with Crippen molar-refractivity contribution in [2.45, 2.75) is 17.9 Å². The van der Waals surface area contributed by atoms with Gasteiger partial charge in [-0.25, -0.2) is 0 Å². The van der Waals surface area contributed by atoms with Crippen LogP contribution in [0, 0.1) is 0 Å². The number of carbonyl (C=O) groups excluding carboxylic acids is 1. The number of Topliss-reactive ketones (excluding diaryl/α,β-unsaturated/α-hetero) is 1. The average molecular weight is 325 g/mol. The maximum absolute atomic E-state index is 12.0. The van der Waals surface area contributed by atoms with E-state index in [1.165, 1.54) is 23.9 Å². The summed E-state index contributed by atoms with van der Waals surface area (Å²) >= 11 is 4.48. The van der Waals surface area contributed by atoms with Crippen LogP contribution in [-0.4, -0.2) is 24.0 Å². The van der Waals surface area contributed by atoms with Gasteiger partial charge in [0.15, 0.2) is 0 Å². The Morgan fingerprint density at radius 1 is 1.53 bits per heavy atom. The lowest BCUT2D eigenvalue weighted by molar-refractivity contribution is -0.115. The first-order chi connectivity index (χ1) is 8.06. The third kappa shape index (κ3) is 4.63. The van der Waals surface area contributed by atoms with Gasteiger partial charge in [0.05, 0.1) is 5.33 Å². The van der Waals surface area contributed by atoms with Crippen molar-refractivity contribution < 1.29 is 18.3 Å². The summed E-state index contributed by atoms with van der Waals surface area (Å²) in [4.78, 5) is 12.1. The molecule has 1 aromatic carbocycles. The Hall–Kier alpha value is -0.620. The Labute approximate surface area is 111 Å². The fourth-order valence-corrected chi connectivity index (χ4v) is 2.14. The van der Waals surface area contributed by atoms with Gasteiger partial charge >= 0.3 is 6.61 Å². The molecular weight excluding hydrogens is 314 g/mol. The van der Waals surface area contributed by atoms with E-state index in [1.54, 1.807) is 6.07 Å². The van der Waals surface area contributed by atoms with Gasteiger partial charge in [-0.15, -0.1) is 11.8 Å². The van der Waals surface area contributed by atoms with Gasteiger partial charge in [0.25, 0.3) is 0 Å². The highest BCUT2D eigenvalue weighted by Gasteiger charge is 2.10. The number of hydrogen-bond donors (Lipinski definition) is 0. The van der Waals surface area contributed by atoms with Gasteiger partial charge in [-0.05, 0) is 24.0 Å². The van der Waals surface area contributed by atoms with Crippen molar-refractivity contribution in [2.75, 3.05) is 11.6 Å². The average Bonchev–Trinajstić information content (AvgIpc) is 2.30. The predicted molar refractivity (Wildman–Crippen MR) is 67.4 cm³/mol. The van der Waals surface area contributed by atoms with E-state index >= 15 is 0 Å². The van der Waals surface area contributed by atoms with E-state index in [9.17, 15) is 13.6 Å². The molecule has 6 heteroatoms. The normalized spacial score (nSPS) is 10.6.